The number of nitrogens with two attached hydrogens (primary N) is 1. The lowest BCUT2D eigenvalue weighted by atomic mass is 10.0. The van der Waals surface area contributed by atoms with E-state index in [-0.39, 0.29) is 42.6 Å². The molecule has 0 spiro atoms. The first-order chi connectivity index (χ1) is 19.1. The normalized spacial score (nSPS) is 16.5. The maximum absolute atomic E-state index is 13.1. The van der Waals surface area contributed by atoms with Crippen LogP contribution in [0.15, 0.2) is 64.5 Å². The van der Waals surface area contributed by atoms with Crippen LogP contribution in [-0.2, 0) is 30.8 Å². The fourth-order valence-electron chi connectivity index (χ4n) is 4.23. The van der Waals surface area contributed by atoms with E-state index in [1.807, 2.05) is 0 Å². The third-order valence-electron chi connectivity index (χ3n) is 6.21. The fraction of sp³-hybridized carbons (Fsp3) is 0.346. The Kier molecular flexibility index (Phi) is 10.6. The zero-order valence-corrected chi connectivity index (χ0v) is 22.4. The van der Waals surface area contributed by atoms with Gasteiger partial charge >= 0.3 is 5.97 Å². The Morgan fingerprint density at radius 3 is 2.50 bits per heavy atom. The van der Waals surface area contributed by atoms with E-state index < -0.39 is 34.0 Å². The summed E-state index contributed by atoms with van der Waals surface area (Å²) in [6.45, 7) is 0.530. The topological polar surface area (TPSA) is 207 Å². The highest BCUT2D eigenvalue weighted by atomic mass is 32.2. The molecule has 2 aromatic rings. The third-order valence-corrected chi connectivity index (χ3v) is 8.13. The summed E-state index contributed by atoms with van der Waals surface area (Å²) in [5.74, 6) is -2.18. The number of aliphatic imine (C=N–C) groups is 1. The minimum atomic E-state index is -3.91. The third kappa shape index (κ3) is 8.26. The van der Waals surface area contributed by atoms with Crippen LogP contribution in [0.5, 0.6) is 0 Å². The number of anilines is 1. The van der Waals surface area contributed by atoms with E-state index in [1.165, 1.54) is 12.1 Å². The summed E-state index contributed by atoms with van der Waals surface area (Å²) in [5, 5.41) is 26.1. The predicted octanol–water partition coefficient (Wildman–Crippen LogP) is 0.756. The summed E-state index contributed by atoms with van der Waals surface area (Å²) in [6.07, 6.45) is 2.93. The number of nitrogens with zero attached hydrogens (tertiary/aromatic N) is 3. The van der Waals surface area contributed by atoms with Crippen molar-refractivity contribution in [3.8, 4) is 6.19 Å². The number of carboxylic acid groups (broad SMARTS) is 1. The number of nitriles is 1. The van der Waals surface area contributed by atoms with Gasteiger partial charge in [-0.25, -0.2) is 13.2 Å². The molecule has 1 aliphatic rings. The summed E-state index contributed by atoms with van der Waals surface area (Å²) >= 11 is 0. The van der Waals surface area contributed by atoms with Gasteiger partial charge in [0.25, 0.3) is 0 Å². The van der Waals surface area contributed by atoms with Crippen LogP contribution in [0.4, 0.5) is 5.69 Å². The lowest BCUT2D eigenvalue weighted by Gasteiger charge is -2.25. The van der Waals surface area contributed by atoms with Crippen molar-refractivity contribution in [2.24, 2.45) is 10.7 Å². The maximum Gasteiger partial charge on any atom is 0.326 e. The molecule has 6 N–H and O–H groups in total. The molecule has 0 bridgehead atoms. The molecule has 212 valence electrons. The van der Waals surface area contributed by atoms with E-state index in [9.17, 15) is 27.9 Å². The molecule has 0 aromatic heterocycles. The SMILES string of the molecule is N#C/N=C(\N)NCCCC(=O)Nc1ccc(C[C@H](NC(=O)[C@@H]2CCCN2S(=O)(=O)c2ccccc2)C(=O)O)cc1. The van der Waals surface area contributed by atoms with Gasteiger partial charge in [-0.3, -0.25) is 9.59 Å². The van der Waals surface area contributed by atoms with Crippen molar-refractivity contribution < 1.29 is 27.9 Å². The molecule has 1 heterocycles. The van der Waals surface area contributed by atoms with Crippen molar-refractivity contribution in [3.05, 3.63) is 60.2 Å². The Balaban J connectivity index is 1.55. The highest BCUT2D eigenvalue weighted by Crippen LogP contribution is 2.26. The van der Waals surface area contributed by atoms with Crippen molar-refractivity contribution in [3.63, 3.8) is 0 Å². The van der Waals surface area contributed by atoms with E-state index in [1.54, 1.807) is 48.7 Å². The van der Waals surface area contributed by atoms with Crippen molar-refractivity contribution in [2.45, 2.75) is 49.1 Å². The number of carbonyl (C=O) groups is 3. The number of hydrogen-bond donors (Lipinski definition) is 5. The monoisotopic (exact) mass is 569 g/mol. The van der Waals surface area contributed by atoms with Crippen LogP contribution in [0.25, 0.3) is 0 Å². The molecule has 0 aliphatic carbocycles. The lowest BCUT2D eigenvalue weighted by Crippen LogP contribution is -2.51. The van der Waals surface area contributed by atoms with E-state index in [0.29, 0.717) is 30.6 Å². The molecule has 1 fully saturated rings. The number of carboxylic acids is 1. The van der Waals surface area contributed by atoms with E-state index in [4.69, 9.17) is 11.0 Å². The second kappa shape index (κ2) is 14.1. The fourth-order valence-corrected chi connectivity index (χ4v) is 5.91. The minimum absolute atomic E-state index is 0.0212. The Hall–Kier alpha value is -4.48. The molecule has 1 saturated heterocycles. The van der Waals surface area contributed by atoms with Gasteiger partial charge in [0.15, 0.2) is 0 Å². The smallest absolute Gasteiger partial charge is 0.326 e. The van der Waals surface area contributed by atoms with Gasteiger partial charge in [-0.05, 0) is 49.1 Å². The Morgan fingerprint density at radius 1 is 1.15 bits per heavy atom. The standard InChI is InChI=1S/C26H31N7O6S/c27-17-30-26(28)29-14-4-9-23(34)31-19-12-10-18(11-13-19)16-21(25(36)37)32-24(35)22-8-5-15-33(22)40(38,39)20-6-2-1-3-7-20/h1-3,6-7,10-13,21-22H,4-5,8-9,14-16H2,(H,31,34)(H,32,35)(H,36,37)(H3,28,29,30)/t21-,22-/m0/s1. The van der Waals surface area contributed by atoms with Crippen LogP contribution in [0.1, 0.15) is 31.2 Å². The minimum Gasteiger partial charge on any atom is -0.480 e. The molecule has 3 rings (SSSR count). The molecular formula is C26H31N7O6S. The van der Waals surface area contributed by atoms with Crippen molar-refractivity contribution in [2.75, 3.05) is 18.4 Å². The number of hydrogen-bond acceptors (Lipinski definition) is 7. The zero-order valence-electron chi connectivity index (χ0n) is 21.6. The van der Waals surface area contributed by atoms with Crippen molar-refractivity contribution >= 4 is 39.5 Å². The van der Waals surface area contributed by atoms with Crippen LogP contribution in [0.2, 0.25) is 0 Å². The number of nitrogens with one attached hydrogen (secondary N) is 3. The number of sulfonamides is 1. The number of amides is 2. The zero-order chi connectivity index (χ0) is 29.1. The van der Waals surface area contributed by atoms with Crippen LogP contribution in [0, 0.1) is 11.5 Å². The van der Waals surface area contributed by atoms with E-state index >= 15 is 0 Å². The highest BCUT2D eigenvalue weighted by Gasteiger charge is 2.40. The van der Waals surface area contributed by atoms with Gasteiger partial charge in [0, 0.05) is 31.6 Å². The average Bonchev–Trinajstić information content (AvgIpc) is 3.44. The van der Waals surface area contributed by atoms with Gasteiger partial charge in [0.1, 0.15) is 12.1 Å². The Labute approximate surface area is 232 Å². The Morgan fingerprint density at radius 2 is 1.85 bits per heavy atom. The second-order valence-electron chi connectivity index (χ2n) is 9.06. The summed E-state index contributed by atoms with van der Waals surface area (Å²) in [7, 11) is -3.91. The van der Waals surface area contributed by atoms with Gasteiger partial charge in [0.2, 0.25) is 34.0 Å². The van der Waals surface area contributed by atoms with Gasteiger partial charge in [-0.1, -0.05) is 30.3 Å². The number of carbonyl (C=O) groups excluding carboxylic acids is 2. The van der Waals surface area contributed by atoms with E-state index in [0.717, 1.165) is 4.31 Å². The number of benzene rings is 2. The molecule has 14 heteroatoms. The predicted molar refractivity (Wildman–Crippen MR) is 146 cm³/mol. The molecule has 40 heavy (non-hydrogen) atoms. The first kappa shape index (κ1) is 30.1. The van der Waals surface area contributed by atoms with Crippen molar-refractivity contribution in [1.29, 1.82) is 5.26 Å². The quantitative estimate of drug-likeness (QED) is 0.106. The number of aliphatic carboxylic acids is 1. The number of rotatable bonds is 12. The molecule has 0 saturated carbocycles. The van der Waals surface area contributed by atoms with Gasteiger partial charge in [0.05, 0.1) is 4.90 Å². The summed E-state index contributed by atoms with van der Waals surface area (Å²) in [6, 6.07) is 12.0. The van der Waals surface area contributed by atoms with Gasteiger partial charge in [-0.2, -0.15) is 9.57 Å². The summed E-state index contributed by atoms with van der Waals surface area (Å²) in [4.78, 5) is 40.5. The summed E-state index contributed by atoms with van der Waals surface area (Å²) < 4.78 is 27.3. The second-order valence-corrected chi connectivity index (χ2v) is 11.0. The first-order valence-electron chi connectivity index (χ1n) is 12.6. The van der Waals surface area contributed by atoms with Crippen molar-refractivity contribution in [1.82, 2.24) is 14.9 Å². The van der Waals surface area contributed by atoms with Crippen LogP contribution in [-0.4, -0.2) is 66.7 Å². The Bertz CT molecular complexity index is 1370. The molecule has 2 aromatic carbocycles. The van der Waals surface area contributed by atoms with Gasteiger partial charge < -0.3 is 26.8 Å². The molecule has 0 radical (unpaired) electrons. The lowest BCUT2D eigenvalue weighted by molar-refractivity contribution is -0.142. The summed E-state index contributed by atoms with van der Waals surface area (Å²) in [5.41, 5.74) is 6.53. The molecule has 1 aliphatic heterocycles. The number of guanidine groups is 1. The van der Waals surface area contributed by atoms with Gasteiger partial charge in [-0.15, -0.1) is 4.99 Å². The molecule has 13 nitrogen and oxygen atoms in total. The van der Waals surface area contributed by atoms with Crippen LogP contribution in [0.3, 0.4) is 0 Å². The van der Waals surface area contributed by atoms with E-state index in [2.05, 4.69) is 20.9 Å². The maximum atomic E-state index is 13.1. The first-order valence-corrected chi connectivity index (χ1v) is 14.0. The largest absolute Gasteiger partial charge is 0.480 e. The van der Waals surface area contributed by atoms with Crippen LogP contribution >= 0.6 is 0 Å². The molecule has 2 amide bonds. The average molecular weight is 570 g/mol. The molecule has 2 atom stereocenters. The molecular weight excluding hydrogens is 538 g/mol. The van der Waals surface area contributed by atoms with Crippen LogP contribution < -0.4 is 21.7 Å². The highest BCUT2D eigenvalue weighted by molar-refractivity contribution is 7.89. The molecule has 0 unspecified atom stereocenters.